The first-order valence-electron chi connectivity index (χ1n) is 8.36. The van der Waals surface area contributed by atoms with E-state index in [1.165, 1.54) is 16.3 Å². The number of hydrogen-bond acceptors (Lipinski definition) is 4. The molecular formula is C17H29IN6S. The summed E-state index contributed by atoms with van der Waals surface area (Å²) in [6.45, 7) is 7.83. The molecule has 0 aliphatic carbocycles. The lowest BCUT2D eigenvalue weighted by Gasteiger charge is -2.12. The molecule has 140 valence electrons. The molecule has 0 unspecified atom stereocenters. The minimum absolute atomic E-state index is 0. The minimum Gasteiger partial charge on any atom is -0.356 e. The highest BCUT2D eigenvalue weighted by molar-refractivity contribution is 14.0. The summed E-state index contributed by atoms with van der Waals surface area (Å²) >= 11 is 1.75. The summed E-state index contributed by atoms with van der Waals surface area (Å²) in [4.78, 5) is 8.78. The third-order valence-electron chi connectivity index (χ3n) is 4.09. The van der Waals surface area contributed by atoms with Crippen molar-refractivity contribution in [2.75, 3.05) is 13.6 Å². The maximum Gasteiger partial charge on any atom is 0.191 e. The van der Waals surface area contributed by atoms with Crippen molar-refractivity contribution in [3.05, 3.63) is 33.0 Å². The maximum atomic E-state index is 4.50. The highest BCUT2D eigenvalue weighted by Crippen LogP contribution is 2.12. The average molecular weight is 476 g/mol. The molecule has 0 aliphatic heterocycles. The third kappa shape index (κ3) is 6.58. The fourth-order valence-corrected chi connectivity index (χ4v) is 3.41. The molecular weight excluding hydrogens is 447 g/mol. The predicted molar refractivity (Wildman–Crippen MR) is 116 cm³/mol. The van der Waals surface area contributed by atoms with Crippen LogP contribution in [0, 0.1) is 20.8 Å². The first-order chi connectivity index (χ1) is 11.5. The van der Waals surface area contributed by atoms with E-state index in [1.807, 2.05) is 25.6 Å². The number of halogens is 1. The maximum absolute atomic E-state index is 4.50. The number of rotatable bonds is 7. The minimum atomic E-state index is 0. The molecule has 2 aromatic heterocycles. The number of nitrogens with one attached hydrogen (secondary N) is 2. The van der Waals surface area contributed by atoms with Crippen LogP contribution in [0.5, 0.6) is 0 Å². The predicted octanol–water partition coefficient (Wildman–Crippen LogP) is 3.11. The quantitative estimate of drug-likeness (QED) is 0.279. The van der Waals surface area contributed by atoms with Crippen molar-refractivity contribution in [3.63, 3.8) is 0 Å². The summed E-state index contributed by atoms with van der Waals surface area (Å²) in [5.74, 6) is 0.836. The number of aliphatic imine (C=N–C) groups is 1. The van der Waals surface area contributed by atoms with Gasteiger partial charge < -0.3 is 10.6 Å². The van der Waals surface area contributed by atoms with Crippen molar-refractivity contribution in [1.29, 1.82) is 0 Å². The van der Waals surface area contributed by atoms with Crippen LogP contribution in [0.3, 0.4) is 0 Å². The largest absolute Gasteiger partial charge is 0.356 e. The van der Waals surface area contributed by atoms with Crippen LogP contribution in [-0.2, 0) is 20.0 Å². The molecule has 0 bridgehead atoms. The molecule has 25 heavy (non-hydrogen) atoms. The van der Waals surface area contributed by atoms with Crippen molar-refractivity contribution in [2.24, 2.45) is 12.0 Å². The van der Waals surface area contributed by atoms with Gasteiger partial charge >= 0.3 is 0 Å². The number of nitrogens with zero attached hydrogens (tertiary/aromatic N) is 4. The Hall–Kier alpha value is -1.16. The van der Waals surface area contributed by atoms with E-state index in [1.54, 1.807) is 18.4 Å². The van der Waals surface area contributed by atoms with E-state index in [9.17, 15) is 0 Å². The van der Waals surface area contributed by atoms with Gasteiger partial charge in [-0.1, -0.05) is 0 Å². The monoisotopic (exact) mass is 476 g/mol. The Morgan fingerprint density at radius 2 is 2.00 bits per heavy atom. The van der Waals surface area contributed by atoms with Gasteiger partial charge in [-0.3, -0.25) is 9.67 Å². The van der Waals surface area contributed by atoms with Crippen molar-refractivity contribution < 1.29 is 0 Å². The zero-order valence-electron chi connectivity index (χ0n) is 15.7. The highest BCUT2D eigenvalue weighted by Gasteiger charge is 2.09. The Morgan fingerprint density at radius 3 is 2.56 bits per heavy atom. The molecule has 2 N–H and O–H groups in total. The standard InChI is InChI=1S/C17H28N6S.HI/c1-12-11-24-16(21-12)8-6-7-9-19-17(18-4)20-10-15-13(2)22-23(5)14(15)3;/h11H,6-10H2,1-5H3,(H2,18,19,20);1H. The molecule has 0 saturated heterocycles. The smallest absolute Gasteiger partial charge is 0.191 e. The number of aryl methyl sites for hydroxylation is 4. The third-order valence-corrected chi connectivity index (χ3v) is 5.12. The summed E-state index contributed by atoms with van der Waals surface area (Å²) in [7, 11) is 3.78. The first kappa shape index (κ1) is 21.9. The molecule has 0 atom stereocenters. The second-order valence-electron chi connectivity index (χ2n) is 5.97. The molecule has 6 nitrogen and oxygen atoms in total. The van der Waals surface area contributed by atoms with Crippen LogP contribution >= 0.6 is 35.3 Å². The Bertz CT molecular complexity index is 691. The fraction of sp³-hybridized carbons (Fsp3) is 0.588. The fourth-order valence-electron chi connectivity index (χ4n) is 2.59. The summed E-state index contributed by atoms with van der Waals surface area (Å²) in [6.07, 6.45) is 3.29. The molecule has 0 saturated carbocycles. The molecule has 2 heterocycles. The van der Waals surface area contributed by atoms with Gasteiger partial charge in [0, 0.05) is 49.5 Å². The zero-order chi connectivity index (χ0) is 17.5. The molecule has 0 aromatic carbocycles. The van der Waals surface area contributed by atoms with Gasteiger partial charge in [-0.25, -0.2) is 4.98 Å². The molecule has 0 spiro atoms. The van der Waals surface area contributed by atoms with Crippen LogP contribution in [0.1, 0.15) is 40.5 Å². The van der Waals surface area contributed by atoms with E-state index >= 15 is 0 Å². The summed E-state index contributed by atoms with van der Waals surface area (Å²) in [5.41, 5.74) is 4.61. The van der Waals surface area contributed by atoms with E-state index in [-0.39, 0.29) is 24.0 Å². The molecule has 2 aromatic rings. The highest BCUT2D eigenvalue weighted by atomic mass is 127. The van der Waals surface area contributed by atoms with Crippen LogP contribution in [-0.4, -0.2) is 34.3 Å². The Morgan fingerprint density at radius 1 is 1.24 bits per heavy atom. The Kier molecular flexibility index (Phi) is 9.41. The van der Waals surface area contributed by atoms with Crippen molar-refractivity contribution in [2.45, 2.75) is 46.6 Å². The molecule has 0 radical (unpaired) electrons. The number of hydrogen-bond donors (Lipinski definition) is 2. The molecule has 2 rings (SSSR count). The van der Waals surface area contributed by atoms with Crippen LogP contribution in [0.15, 0.2) is 10.4 Å². The van der Waals surface area contributed by atoms with Gasteiger partial charge in [-0.05, 0) is 40.0 Å². The van der Waals surface area contributed by atoms with E-state index in [0.717, 1.165) is 49.7 Å². The molecule has 8 heteroatoms. The van der Waals surface area contributed by atoms with Crippen LogP contribution in [0.2, 0.25) is 0 Å². The van der Waals surface area contributed by atoms with E-state index in [2.05, 4.69) is 38.0 Å². The van der Waals surface area contributed by atoms with Gasteiger partial charge in [0.2, 0.25) is 0 Å². The summed E-state index contributed by atoms with van der Waals surface area (Å²) < 4.78 is 1.92. The number of thiazole rings is 1. The number of aromatic nitrogens is 3. The number of guanidine groups is 1. The van der Waals surface area contributed by atoms with Crippen LogP contribution in [0.25, 0.3) is 0 Å². The van der Waals surface area contributed by atoms with Gasteiger partial charge in [0.1, 0.15) is 0 Å². The van der Waals surface area contributed by atoms with E-state index in [0.29, 0.717) is 0 Å². The second kappa shape index (κ2) is 10.7. The van der Waals surface area contributed by atoms with Gasteiger partial charge in [-0.15, -0.1) is 35.3 Å². The van der Waals surface area contributed by atoms with Gasteiger partial charge in [0.05, 0.1) is 10.7 Å². The van der Waals surface area contributed by atoms with Gasteiger partial charge in [-0.2, -0.15) is 5.10 Å². The SMILES string of the molecule is CN=C(NCCCCc1nc(C)cs1)NCc1c(C)nn(C)c1C.I. The first-order valence-corrected chi connectivity index (χ1v) is 9.23. The van der Waals surface area contributed by atoms with Crippen molar-refractivity contribution >= 4 is 41.3 Å². The molecule has 0 fully saturated rings. The van der Waals surface area contributed by atoms with Gasteiger partial charge in [0.25, 0.3) is 0 Å². The zero-order valence-corrected chi connectivity index (χ0v) is 18.9. The Balaban J connectivity index is 0.00000312. The van der Waals surface area contributed by atoms with E-state index < -0.39 is 0 Å². The lowest BCUT2D eigenvalue weighted by atomic mass is 10.2. The molecule has 0 amide bonds. The summed E-state index contributed by atoms with van der Waals surface area (Å²) in [5, 5.41) is 14.5. The van der Waals surface area contributed by atoms with Crippen LogP contribution in [0.4, 0.5) is 0 Å². The average Bonchev–Trinajstić information content (AvgIpc) is 3.07. The summed E-state index contributed by atoms with van der Waals surface area (Å²) in [6, 6.07) is 0. The lowest BCUT2D eigenvalue weighted by Crippen LogP contribution is -2.37. The van der Waals surface area contributed by atoms with Crippen molar-refractivity contribution in [1.82, 2.24) is 25.4 Å². The second-order valence-corrected chi connectivity index (χ2v) is 6.91. The molecule has 0 aliphatic rings. The van der Waals surface area contributed by atoms with E-state index in [4.69, 9.17) is 0 Å². The van der Waals surface area contributed by atoms with Crippen molar-refractivity contribution in [3.8, 4) is 0 Å². The topological polar surface area (TPSA) is 67.1 Å². The lowest BCUT2D eigenvalue weighted by molar-refractivity contribution is 0.691. The normalized spacial score (nSPS) is 11.3. The Labute approximate surface area is 171 Å². The van der Waals surface area contributed by atoms with Crippen LogP contribution < -0.4 is 10.6 Å². The number of unbranched alkanes of at least 4 members (excludes halogenated alkanes) is 1. The van der Waals surface area contributed by atoms with Gasteiger partial charge in [0.15, 0.2) is 5.96 Å².